The molecule has 1 saturated carbocycles. The van der Waals surface area contributed by atoms with Crippen molar-refractivity contribution in [3.05, 3.63) is 46.9 Å². The minimum Gasteiger partial charge on any atom is -0.365 e. The highest BCUT2D eigenvalue weighted by Gasteiger charge is 2.24. The summed E-state index contributed by atoms with van der Waals surface area (Å²) in [6.07, 6.45) is 5.29. The van der Waals surface area contributed by atoms with Crippen LogP contribution in [0.4, 0.5) is 19.0 Å². The first-order chi connectivity index (χ1) is 13.0. The maximum absolute atomic E-state index is 14.2. The van der Waals surface area contributed by atoms with Gasteiger partial charge in [0.2, 0.25) is 0 Å². The lowest BCUT2D eigenvalue weighted by Crippen LogP contribution is -2.29. The molecule has 2 atom stereocenters. The zero-order chi connectivity index (χ0) is 19.0. The Labute approximate surface area is 152 Å². The number of nitrogens with one attached hydrogen (secondary N) is 2. The number of aromatic amines is 1. The molecule has 0 radical (unpaired) electrons. The maximum atomic E-state index is 14.2. The molecule has 2 aromatic heterocycles. The summed E-state index contributed by atoms with van der Waals surface area (Å²) in [6, 6.07) is 1.53. The van der Waals surface area contributed by atoms with Gasteiger partial charge in [-0.2, -0.15) is 4.91 Å². The van der Waals surface area contributed by atoms with Crippen molar-refractivity contribution in [2.75, 3.05) is 5.32 Å². The Balaban J connectivity index is 1.68. The first-order valence-electron chi connectivity index (χ1n) is 8.63. The Morgan fingerprint density at radius 1 is 1.19 bits per heavy atom. The fourth-order valence-electron chi connectivity index (χ4n) is 3.52. The van der Waals surface area contributed by atoms with Crippen LogP contribution < -0.4 is 5.32 Å². The molecule has 1 aromatic carbocycles. The van der Waals surface area contributed by atoms with E-state index in [1.165, 1.54) is 12.3 Å². The summed E-state index contributed by atoms with van der Waals surface area (Å²) >= 11 is 0. The fourth-order valence-corrected chi connectivity index (χ4v) is 3.52. The normalized spacial score (nSPS) is 20.0. The predicted molar refractivity (Wildman–Crippen MR) is 94.7 cm³/mol. The van der Waals surface area contributed by atoms with Crippen LogP contribution in [-0.2, 0) is 0 Å². The summed E-state index contributed by atoms with van der Waals surface area (Å²) in [7, 11) is 0. The molecule has 3 aromatic rings. The van der Waals surface area contributed by atoms with Gasteiger partial charge in [-0.1, -0.05) is 5.18 Å². The molecule has 1 aliphatic rings. The van der Waals surface area contributed by atoms with E-state index in [1.54, 1.807) is 0 Å². The van der Waals surface area contributed by atoms with Gasteiger partial charge in [0.15, 0.2) is 17.5 Å². The van der Waals surface area contributed by atoms with Crippen molar-refractivity contribution in [1.29, 1.82) is 0 Å². The van der Waals surface area contributed by atoms with E-state index in [0.717, 1.165) is 31.5 Å². The quantitative estimate of drug-likeness (QED) is 0.656. The largest absolute Gasteiger partial charge is 0.365 e. The Hall–Kier alpha value is -2.97. The molecule has 2 N–H and O–H groups in total. The van der Waals surface area contributed by atoms with Gasteiger partial charge in [-0.15, -0.1) is 0 Å². The average Bonchev–Trinajstić information content (AvgIpc) is 3.08. The topological polar surface area (TPSA) is 83.0 Å². The van der Waals surface area contributed by atoms with Gasteiger partial charge >= 0.3 is 0 Å². The molecule has 1 unspecified atom stereocenters. The number of rotatable bonds is 4. The van der Waals surface area contributed by atoms with Crippen molar-refractivity contribution in [2.45, 2.75) is 37.8 Å². The molecule has 4 rings (SSSR count). The molecular weight excluding hydrogens is 359 g/mol. The number of halogens is 3. The van der Waals surface area contributed by atoms with Crippen molar-refractivity contribution in [2.24, 2.45) is 5.18 Å². The Kier molecular flexibility index (Phi) is 4.51. The van der Waals surface area contributed by atoms with E-state index >= 15 is 0 Å². The van der Waals surface area contributed by atoms with Gasteiger partial charge in [-0.3, -0.25) is 0 Å². The molecule has 0 saturated heterocycles. The van der Waals surface area contributed by atoms with Gasteiger partial charge in [0.25, 0.3) is 0 Å². The standard InChI is InChI=1S/C18H16F3N5O/c19-9-4-12-13(7-22-16(12)14(20)5-9)17-23-8-15(21)18(25-17)24-10-2-1-3-11(6-10)26-27/h4-5,7-8,10-11,22H,1-3,6H2,(H,23,24,25)/t10?,11-/m1/s1. The Bertz CT molecular complexity index is 1010. The Morgan fingerprint density at radius 3 is 2.85 bits per heavy atom. The number of hydrogen-bond acceptors (Lipinski definition) is 5. The predicted octanol–water partition coefficient (Wildman–Crippen LogP) is 4.53. The third kappa shape index (κ3) is 3.36. The highest BCUT2D eigenvalue weighted by atomic mass is 19.1. The van der Waals surface area contributed by atoms with Crippen LogP contribution in [0.2, 0.25) is 0 Å². The number of nitrogens with zero attached hydrogens (tertiary/aromatic N) is 3. The van der Waals surface area contributed by atoms with Crippen LogP contribution in [0, 0.1) is 22.4 Å². The highest BCUT2D eigenvalue weighted by molar-refractivity contribution is 5.94. The minimum absolute atomic E-state index is 0.0113. The van der Waals surface area contributed by atoms with Gasteiger partial charge in [-0.05, 0) is 31.7 Å². The number of anilines is 1. The molecule has 1 fully saturated rings. The second-order valence-corrected chi connectivity index (χ2v) is 6.67. The fraction of sp³-hybridized carbons (Fsp3) is 0.333. The third-order valence-electron chi connectivity index (χ3n) is 4.83. The lowest BCUT2D eigenvalue weighted by atomic mass is 9.91. The van der Waals surface area contributed by atoms with Gasteiger partial charge in [-0.25, -0.2) is 23.1 Å². The third-order valence-corrected chi connectivity index (χ3v) is 4.83. The minimum atomic E-state index is -0.730. The number of aromatic nitrogens is 3. The first kappa shape index (κ1) is 17.4. The molecule has 0 aliphatic heterocycles. The number of fused-ring (bicyclic) bond motifs is 1. The van der Waals surface area contributed by atoms with E-state index < -0.39 is 17.5 Å². The van der Waals surface area contributed by atoms with Crippen molar-refractivity contribution < 1.29 is 13.2 Å². The van der Waals surface area contributed by atoms with Crippen molar-refractivity contribution in [3.8, 4) is 11.4 Å². The number of H-pyrrole nitrogens is 1. The van der Waals surface area contributed by atoms with Crippen LogP contribution in [-0.4, -0.2) is 27.0 Å². The molecule has 2 heterocycles. The zero-order valence-electron chi connectivity index (χ0n) is 14.2. The molecule has 9 heteroatoms. The average molecular weight is 375 g/mol. The summed E-state index contributed by atoms with van der Waals surface area (Å²) in [5.74, 6) is -1.97. The maximum Gasteiger partial charge on any atom is 0.183 e. The van der Waals surface area contributed by atoms with Crippen molar-refractivity contribution in [3.63, 3.8) is 0 Å². The van der Waals surface area contributed by atoms with E-state index in [4.69, 9.17) is 0 Å². The second-order valence-electron chi connectivity index (χ2n) is 6.67. The van der Waals surface area contributed by atoms with Gasteiger partial charge in [0, 0.05) is 29.3 Å². The highest BCUT2D eigenvalue weighted by Crippen LogP contribution is 2.30. The van der Waals surface area contributed by atoms with Gasteiger partial charge in [0.1, 0.15) is 11.6 Å². The number of nitroso groups, excluding NO2 is 1. The summed E-state index contributed by atoms with van der Waals surface area (Å²) in [5.41, 5.74) is 0.489. The van der Waals surface area contributed by atoms with Crippen molar-refractivity contribution in [1.82, 2.24) is 15.0 Å². The number of hydrogen-bond donors (Lipinski definition) is 2. The summed E-state index contributed by atoms with van der Waals surface area (Å²) < 4.78 is 41.7. The zero-order valence-corrected chi connectivity index (χ0v) is 14.2. The second kappa shape index (κ2) is 6.98. The summed E-state index contributed by atoms with van der Waals surface area (Å²) in [4.78, 5) is 21.7. The molecular formula is C18H16F3N5O. The summed E-state index contributed by atoms with van der Waals surface area (Å²) in [6.45, 7) is 0. The monoisotopic (exact) mass is 375 g/mol. The van der Waals surface area contributed by atoms with Crippen LogP contribution in [0.15, 0.2) is 29.7 Å². The smallest absolute Gasteiger partial charge is 0.183 e. The van der Waals surface area contributed by atoms with Crippen LogP contribution in [0.3, 0.4) is 0 Å². The first-order valence-corrected chi connectivity index (χ1v) is 8.63. The molecule has 0 bridgehead atoms. The van der Waals surface area contributed by atoms with E-state index in [-0.39, 0.29) is 34.6 Å². The van der Waals surface area contributed by atoms with E-state index in [1.807, 2.05) is 0 Å². The lowest BCUT2D eigenvalue weighted by molar-refractivity contribution is 0.407. The van der Waals surface area contributed by atoms with E-state index in [2.05, 4.69) is 25.4 Å². The number of benzene rings is 1. The van der Waals surface area contributed by atoms with Gasteiger partial charge < -0.3 is 10.3 Å². The van der Waals surface area contributed by atoms with Crippen LogP contribution >= 0.6 is 0 Å². The molecule has 6 nitrogen and oxygen atoms in total. The van der Waals surface area contributed by atoms with Crippen LogP contribution in [0.5, 0.6) is 0 Å². The summed E-state index contributed by atoms with van der Waals surface area (Å²) in [5, 5.41) is 6.35. The molecule has 27 heavy (non-hydrogen) atoms. The molecule has 140 valence electrons. The lowest BCUT2D eigenvalue weighted by Gasteiger charge is -2.26. The SMILES string of the molecule is O=N[C@@H]1CCCC(Nc2nc(-c3c[nH]c4c(F)cc(F)cc34)ncc2F)C1. The van der Waals surface area contributed by atoms with Crippen molar-refractivity contribution >= 4 is 16.7 Å². The molecule has 0 spiro atoms. The van der Waals surface area contributed by atoms with E-state index in [0.29, 0.717) is 12.0 Å². The Morgan fingerprint density at radius 2 is 2.04 bits per heavy atom. The van der Waals surface area contributed by atoms with Crippen LogP contribution in [0.25, 0.3) is 22.3 Å². The van der Waals surface area contributed by atoms with Gasteiger partial charge in [0.05, 0.1) is 17.8 Å². The molecule has 1 aliphatic carbocycles. The molecule has 0 amide bonds. The van der Waals surface area contributed by atoms with Crippen LogP contribution in [0.1, 0.15) is 25.7 Å². The van der Waals surface area contributed by atoms with E-state index in [9.17, 15) is 18.1 Å².